The van der Waals surface area contributed by atoms with Crippen molar-refractivity contribution in [3.8, 4) is 0 Å². The van der Waals surface area contributed by atoms with Gasteiger partial charge in [-0.15, -0.1) is 0 Å². The molecule has 0 saturated carbocycles. The number of aliphatic hydroxyl groups is 2. The zero-order valence-electron chi connectivity index (χ0n) is 37.0. The van der Waals surface area contributed by atoms with E-state index < -0.39 is 122 Å². The van der Waals surface area contributed by atoms with Crippen molar-refractivity contribution >= 4 is 35.8 Å². The molecule has 17 heteroatoms. The Labute approximate surface area is 348 Å². The highest BCUT2D eigenvalue weighted by molar-refractivity contribution is 5.73. The first-order chi connectivity index (χ1) is 27.5. The van der Waals surface area contributed by atoms with Crippen LogP contribution in [0.2, 0.25) is 0 Å². The standard InChI is InChI=1S/C42H70O17/c1-13-26(11)39(49)53-21-42(59-41-37(55-32(45)17-24(7)8)35(48)34(47)28(54-41)19-51-30(43)15-22(3)4)38(56-33(46)18-25(9)10)36(57-40(50)27(12)14-2)29(58-42)20-52-31(44)16-23(5)6/h22-29,34-38,41,47-48H,13-21H2,1-12H3/t26-,27-,28+,29+,34+,35-,36+,37+,38-,41+,42-/m0/s1. The summed E-state index contributed by atoms with van der Waals surface area (Å²) in [5.41, 5.74) is 0. The smallest absolute Gasteiger partial charge is 0.309 e. The van der Waals surface area contributed by atoms with E-state index in [-0.39, 0.29) is 49.4 Å². The molecule has 2 N–H and O–H groups in total. The average Bonchev–Trinajstić information content (AvgIpc) is 3.40. The predicted molar refractivity (Wildman–Crippen MR) is 209 cm³/mol. The lowest BCUT2D eigenvalue weighted by atomic mass is 9.98. The number of rotatable bonds is 23. The monoisotopic (exact) mass is 846 g/mol. The van der Waals surface area contributed by atoms with Crippen molar-refractivity contribution in [3.05, 3.63) is 0 Å². The van der Waals surface area contributed by atoms with E-state index >= 15 is 0 Å². The van der Waals surface area contributed by atoms with E-state index in [1.807, 2.05) is 27.7 Å². The molecule has 0 aromatic carbocycles. The van der Waals surface area contributed by atoms with Gasteiger partial charge in [-0.2, -0.15) is 0 Å². The molecule has 59 heavy (non-hydrogen) atoms. The summed E-state index contributed by atoms with van der Waals surface area (Å²) >= 11 is 0. The SMILES string of the molecule is CC[C@H](C)C(=O)OC[C@@]1(O[C@H]2O[C@H](COC(=O)CC(C)C)[C@@H](O)[C@H](O)[C@H]2OC(=O)CC(C)C)O[C@H](COC(=O)CC(C)C)[C@@H](OC(=O)[C@@H](C)CC)[C@@H]1OC(=O)CC(C)C. The van der Waals surface area contributed by atoms with Gasteiger partial charge in [0.05, 0.1) is 11.8 Å². The summed E-state index contributed by atoms with van der Waals surface area (Å²) in [4.78, 5) is 78.9. The van der Waals surface area contributed by atoms with E-state index in [1.165, 1.54) is 0 Å². The van der Waals surface area contributed by atoms with Gasteiger partial charge in [-0.25, -0.2) is 0 Å². The molecule has 2 rings (SSSR count). The molecular formula is C42H70O17. The molecule has 340 valence electrons. The quantitative estimate of drug-likeness (QED) is 0.109. The number of ether oxygens (including phenoxy) is 9. The van der Waals surface area contributed by atoms with E-state index in [1.54, 1.807) is 55.4 Å². The maximum absolute atomic E-state index is 13.6. The van der Waals surface area contributed by atoms with E-state index in [0.29, 0.717) is 12.8 Å². The molecule has 2 saturated heterocycles. The zero-order valence-corrected chi connectivity index (χ0v) is 37.0. The molecule has 0 aliphatic carbocycles. The Hall–Kier alpha value is -3.38. The zero-order chi connectivity index (χ0) is 44.8. The molecule has 0 aromatic rings. The lowest BCUT2D eigenvalue weighted by Gasteiger charge is -2.45. The van der Waals surface area contributed by atoms with Crippen molar-refractivity contribution < 1.29 is 81.6 Å². The van der Waals surface area contributed by atoms with Gasteiger partial charge < -0.3 is 52.8 Å². The lowest BCUT2D eigenvalue weighted by Crippen LogP contribution is -2.64. The first-order valence-electron chi connectivity index (χ1n) is 21.0. The van der Waals surface area contributed by atoms with Crippen LogP contribution < -0.4 is 0 Å². The summed E-state index contributed by atoms with van der Waals surface area (Å²) < 4.78 is 53.6. The third-order valence-electron chi connectivity index (χ3n) is 9.75. The van der Waals surface area contributed by atoms with Gasteiger partial charge in [0, 0.05) is 25.7 Å². The number of carbonyl (C=O) groups excluding carboxylic acids is 6. The maximum Gasteiger partial charge on any atom is 0.309 e. The Balaban J connectivity index is 2.85. The molecule has 0 unspecified atom stereocenters. The van der Waals surface area contributed by atoms with Gasteiger partial charge in [0.1, 0.15) is 44.2 Å². The minimum atomic E-state index is -2.47. The second-order valence-electron chi connectivity index (χ2n) is 17.4. The summed E-state index contributed by atoms with van der Waals surface area (Å²) in [5.74, 6) is -8.49. The fourth-order valence-corrected chi connectivity index (χ4v) is 6.05. The summed E-state index contributed by atoms with van der Waals surface area (Å²) in [6, 6.07) is 0. The van der Waals surface area contributed by atoms with Gasteiger partial charge in [0.25, 0.3) is 0 Å². The fraction of sp³-hybridized carbons (Fsp3) is 0.857. The van der Waals surface area contributed by atoms with Crippen LogP contribution in [0.4, 0.5) is 0 Å². The highest BCUT2D eigenvalue weighted by Crippen LogP contribution is 2.41. The number of hydrogen-bond acceptors (Lipinski definition) is 17. The van der Waals surface area contributed by atoms with E-state index in [9.17, 15) is 39.0 Å². The van der Waals surface area contributed by atoms with Crippen LogP contribution in [0.15, 0.2) is 0 Å². The van der Waals surface area contributed by atoms with Crippen LogP contribution in [0.5, 0.6) is 0 Å². The molecule has 2 heterocycles. The van der Waals surface area contributed by atoms with Crippen LogP contribution in [-0.4, -0.2) is 121 Å². The molecule has 2 fully saturated rings. The predicted octanol–water partition coefficient (Wildman–Crippen LogP) is 4.19. The van der Waals surface area contributed by atoms with Gasteiger partial charge in [0.15, 0.2) is 18.3 Å². The van der Waals surface area contributed by atoms with Crippen molar-refractivity contribution in [1.29, 1.82) is 0 Å². The van der Waals surface area contributed by atoms with Crippen molar-refractivity contribution in [3.63, 3.8) is 0 Å². The van der Waals surface area contributed by atoms with Crippen molar-refractivity contribution in [2.75, 3.05) is 19.8 Å². The average molecular weight is 847 g/mol. The first-order valence-corrected chi connectivity index (χ1v) is 21.0. The summed E-state index contributed by atoms with van der Waals surface area (Å²) in [5, 5.41) is 22.7. The fourth-order valence-electron chi connectivity index (χ4n) is 6.05. The van der Waals surface area contributed by atoms with Crippen LogP contribution in [0.1, 0.15) is 122 Å². The van der Waals surface area contributed by atoms with Crippen LogP contribution in [-0.2, 0) is 71.4 Å². The molecule has 11 atom stereocenters. The van der Waals surface area contributed by atoms with Crippen LogP contribution in [0, 0.1) is 35.5 Å². The summed E-state index contributed by atoms with van der Waals surface area (Å²) in [6.07, 6.45) is -13.0. The Morgan fingerprint density at radius 3 is 1.51 bits per heavy atom. The van der Waals surface area contributed by atoms with E-state index in [2.05, 4.69) is 0 Å². The van der Waals surface area contributed by atoms with Crippen molar-refractivity contribution in [1.82, 2.24) is 0 Å². The summed E-state index contributed by atoms with van der Waals surface area (Å²) in [7, 11) is 0. The molecule has 0 bridgehead atoms. The third-order valence-corrected chi connectivity index (χ3v) is 9.75. The molecule has 2 aliphatic heterocycles. The second-order valence-corrected chi connectivity index (χ2v) is 17.4. The maximum atomic E-state index is 13.6. The molecular weight excluding hydrogens is 776 g/mol. The highest BCUT2D eigenvalue weighted by Gasteiger charge is 2.64. The normalized spacial score (nSPS) is 28.0. The van der Waals surface area contributed by atoms with Gasteiger partial charge in [0.2, 0.25) is 12.1 Å². The number of esters is 6. The van der Waals surface area contributed by atoms with Gasteiger partial charge in [-0.05, 0) is 36.5 Å². The van der Waals surface area contributed by atoms with Crippen LogP contribution >= 0.6 is 0 Å². The minimum Gasteiger partial charge on any atom is -0.463 e. The topological polar surface area (TPSA) is 226 Å². The molecule has 0 aromatic heterocycles. The van der Waals surface area contributed by atoms with Crippen LogP contribution in [0.25, 0.3) is 0 Å². The largest absolute Gasteiger partial charge is 0.463 e. The van der Waals surface area contributed by atoms with Crippen LogP contribution in [0.3, 0.4) is 0 Å². The molecule has 17 nitrogen and oxygen atoms in total. The summed E-state index contributed by atoms with van der Waals surface area (Å²) in [6.45, 7) is 19.1. The molecule has 0 amide bonds. The Morgan fingerprint density at radius 2 is 1.02 bits per heavy atom. The van der Waals surface area contributed by atoms with Gasteiger partial charge >= 0.3 is 35.8 Å². The second kappa shape index (κ2) is 24.2. The lowest BCUT2D eigenvalue weighted by molar-refractivity contribution is -0.384. The molecule has 0 spiro atoms. The van der Waals surface area contributed by atoms with Crippen molar-refractivity contribution in [2.45, 2.75) is 176 Å². The number of aliphatic hydroxyl groups excluding tert-OH is 2. The van der Waals surface area contributed by atoms with Gasteiger partial charge in [-0.1, -0.05) is 83.1 Å². The van der Waals surface area contributed by atoms with E-state index in [4.69, 9.17) is 42.6 Å². The van der Waals surface area contributed by atoms with E-state index in [0.717, 1.165) is 0 Å². The highest BCUT2D eigenvalue weighted by atomic mass is 16.8. The minimum absolute atomic E-state index is 0.0354. The van der Waals surface area contributed by atoms with Crippen molar-refractivity contribution in [2.24, 2.45) is 35.5 Å². The number of hydrogen-bond donors (Lipinski definition) is 2. The Kier molecular flexibility index (Phi) is 21.2. The molecule has 2 aliphatic rings. The Morgan fingerprint density at radius 1 is 0.559 bits per heavy atom. The third kappa shape index (κ3) is 16.2. The molecule has 0 radical (unpaired) electrons. The Bertz CT molecular complexity index is 1380. The first kappa shape index (κ1) is 51.8. The van der Waals surface area contributed by atoms with Gasteiger partial charge in [-0.3, -0.25) is 28.8 Å². The number of carbonyl (C=O) groups is 6.